The lowest BCUT2D eigenvalue weighted by Crippen LogP contribution is -2.56. The molecule has 4 saturated carbocycles. The van der Waals surface area contributed by atoms with Crippen molar-refractivity contribution in [2.45, 2.75) is 116 Å². The maximum atomic E-state index is 12.8. The summed E-state index contributed by atoms with van der Waals surface area (Å²) in [5.74, 6) is 4.08. The zero-order valence-corrected chi connectivity index (χ0v) is 27.2. The summed E-state index contributed by atoms with van der Waals surface area (Å²) in [5.41, 5.74) is 0.715. The molecular formula is C35H57N3O5. The largest absolute Gasteiger partial charge is 0.379 e. The standard InChI is InChI=1S/C35H57N3O5/c1-22-7-12-35(42-20-22)23(2)32-29(43-35)18-28-26-6-5-24-17-25(8-10-33(24,3)27(26)9-11-34(28,32)4)37-31(40)19-30(39)36-21-38-13-15-41-16-14-38/h22-29,32H,5-21H2,1-4H3,(H,36,39)(H,37,40)/t22-,23-,24+,25+,26+,27-,28-,29-,32-,33-,34-,35+/m0/s1. The van der Waals surface area contributed by atoms with Crippen LogP contribution in [0.25, 0.3) is 0 Å². The van der Waals surface area contributed by atoms with Crippen molar-refractivity contribution in [2.24, 2.45) is 52.3 Å². The third kappa shape index (κ3) is 5.28. The van der Waals surface area contributed by atoms with Crippen molar-refractivity contribution in [1.29, 1.82) is 0 Å². The van der Waals surface area contributed by atoms with Crippen molar-refractivity contribution in [3.8, 4) is 0 Å². The van der Waals surface area contributed by atoms with Crippen LogP contribution in [0.5, 0.6) is 0 Å². The van der Waals surface area contributed by atoms with Crippen LogP contribution in [0, 0.1) is 52.3 Å². The van der Waals surface area contributed by atoms with Gasteiger partial charge in [0.15, 0.2) is 5.79 Å². The fourth-order valence-corrected chi connectivity index (χ4v) is 11.9. The molecule has 7 aliphatic rings. The second-order valence-electron chi connectivity index (χ2n) is 16.4. The van der Waals surface area contributed by atoms with Gasteiger partial charge in [-0.1, -0.05) is 27.7 Å². The highest BCUT2D eigenvalue weighted by Crippen LogP contribution is 2.71. The van der Waals surface area contributed by atoms with E-state index in [-0.39, 0.29) is 30.1 Å². The maximum absolute atomic E-state index is 12.8. The zero-order valence-electron chi connectivity index (χ0n) is 27.2. The Balaban J connectivity index is 0.940. The average Bonchev–Trinajstić information content (AvgIpc) is 3.44. The Morgan fingerprint density at radius 3 is 2.44 bits per heavy atom. The Morgan fingerprint density at radius 1 is 0.884 bits per heavy atom. The summed E-state index contributed by atoms with van der Waals surface area (Å²) in [6.07, 6.45) is 12.3. The van der Waals surface area contributed by atoms with E-state index in [9.17, 15) is 9.59 Å². The molecule has 0 aromatic heterocycles. The smallest absolute Gasteiger partial charge is 0.230 e. The number of hydrogen-bond donors (Lipinski definition) is 2. The molecular weight excluding hydrogens is 542 g/mol. The van der Waals surface area contributed by atoms with Crippen LogP contribution in [0.4, 0.5) is 0 Å². The number of carbonyl (C=O) groups is 2. The normalized spacial score (nSPS) is 49.4. The fourth-order valence-electron chi connectivity index (χ4n) is 11.9. The van der Waals surface area contributed by atoms with Crippen molar-refractivity contribution in [3.05, 3.63) is 0 Å². The van der Waals surface area contributed by atoms with Crippen molar-refractivity contribution in [2.75, 3.05) is 39.6 Å². The predicted molar refractivity (Wildman–Crippen MR) is 164 cm³/mol. The first kappa shape index (κ1) is 30.4. The van der Waals surface area contributed by atoms with Crippen LogP contribution in [0.1, 0.15) is 98.3 Å². The average molecular weight is 600 g/mol. The molecule has 43 heavy (non-hydrogen) atoms. The molecule has 12 atom stereocenters. The number of nitrogens with zero attached hydrogens (tertiary/aromatic N) is 1. The topological polar surface area (TPSA) is 89.1 Å². The van der Waals surface area contributed by atoms with E-state index in [1.807, 2.05) is 0 Å². The van der Waals surface area contributed by atoms with E-state index in [1.54, 1.807) is 0 Å². The minimum atomic E-state index is -0.331. The second-order valence-corrected chi connectivity index (χ2v) is 16.4. The third-order valence-electron chi connectivity index (χ3n) is 14.2. The third-order valence-corrected chi connectivity index (χ3v) is 14.2. The lowest BCUT2D eigenvalue weighted by molar-refractivity contribution is -0.273. The van der Waals surface area contributed by atoms with Gasteiger partial charge in [-0.3, -0.25) is 14.5 Å². The molecule has 4 aliphatic carbocycles. The Hall–Kier alpha value is -1.22. The molecule has 3 saturated heterocycles. The van der Waals surface area contributed by atoms with Crippen molar-refractivity contribution < 1.29 is 23.8 Å². The Labute approximate surface area is 259 Å². The predicted octanol–water partition coefficient (Wildman–Crippen LogP) is 4.71. The molecule has 1 spiro atoms. The summed E-state index contributed by atoms with van der Waals surface area (Å²) in [7, 11) is 0. The number of rotatable bonds is 5. The quantitative estimate of drug-likeness (QED) is 0.445. The summed E-state index contributed by atoms with van der Waals surface area (Å²) >= 11 is 0. The molecule has 0 aromatic carbocycles. The summed E-state index contributed by atoms with van der Waals surface area (Å²) in [4.78, 5) is 27.4. The lowest BCUT2D eigenvalue weighted by Gasteiger charge is -2.61. The number of fused-ring (bicyclic) bond motifs is 7. The summed E-state index contributed by atoms with van der Waals surface area (Å²) in [5, 5.41) is 6.17. The summed E-state index contributed by atoms with van der Waals surface area (Å²) in [6, 6.07) is 0.192. The van der Waals surface area contributed by atoms with E-state index in [1.165, 1.54) is 44.9 Å². The Kier molecular flexibility index (Phi) is 8.17. The summed E-state index contributed by atoms with van der Waals surface area (Å²) in [6.45, 7) is 14.3. The van der Waals surface area contributed by atoms with Gasteiger partial charge in [-0.05, 0) is 104 Å². The first-order valence-electron chi connectivity index (χ1n) is 17.8. The van der Waals surface area contributed by atoms with E-state index >= 15 is 0 Å². The molecule has 8 nitrogen and oxygen atoms in total. The molecule has 2 amide bonds. The lowest BCUT2D eigenvalue weighted by atomic mass is 9.44. The van der Waals surface area contributed by atoms with Crippen LogP contribution >= 0.6 is 0 Å². The van der Waals surface area contributed by atoms with E-state index in [2.05, 4.69) is 43.2 Å². The van der Waals surface area contributed by atoms with E-state index in [0.29, 0.717) is 60.5 Å². The number of amides is 2. The van der Waals surface area contributed by atoms with Crippen molar-refractivity contribution in [1.82, 2.24) is 15.5 Å². The van der Waals surface area contributed by atoms with Gasteiger partial charge in [0.1, 0.15) is 6.42 Å². The Morgan fingerprint density at radius 2 is 1.67 bits per heavy atom. The van der Waals surface area contributed by atoms with Crippen LogP contribution in [0.2, 0.25) is 0 Å². The van der Waals surface area contributed by atoms with E-state index in [4.69, 9.17) is 14.2 Å². The van der Waals surface area contributed by atoms with Gasteiger partial charge < -0.3 is 24.8 Å². The van der Waals surface area contributed by atoms with Gasteiger partial charge in [0.05, 0.1) is 32.6 Å². The van der Waals surface area contributed by atoms with Crippen LogP contribution in [-0.2, 0) is 23.8 Å². The molecule has 0 aromatic rings. The highest BCUT2D eigenvalue weighted by Gasteiger charge is 2.69. The highest BCUT2D eigenvalue weighted by molar-refractivity contribution is 5.96. The monoisotopic (exact) mass is 599 g/mol. The molecule has 242 valence electrons. The van der Waals surface area contributed by atoms with Gasteiger partial charge >= 0.3 is 0 Å². The molecule has 0 bridgehead atoms. The van der Waals surface area contributed by atoms with Crippen LogP contribution in [0.3, 0.4) is 0 Å². The van der Waals surface area contributed by atoms with Crippen LogP contribution < -0.4 is 10.6 Å². The molecule has 3 heterocycles. The number of nitrogens with one attached hydrogen (secondary N) is 2. The minimum absolute atomic E-state index is 0.0814. The van der Waals surface area contributed by atoms with Gasteiger partial charge in [-0.2, -0.15) is 0 Å². The molecule has 3 aliphatic heterocycles. The van der Waals surface area contributed by atoms with Crippen molar-refractivity contribution in [3.63, 3.8) is 0 Å². The number of hydrogen-bond acceptors (Lipinski definition) is 6. The fraction of sp³-hybridized carbons (Fsp3) is 0.943. The Bertz CT molecular complexity index is 1060. The van der Waals surface area contributed by atoms with Gasteiger partial charge in [0.25, 0.3) is 0 Å². The van der Waals surface area contributed by atoms with Crippen LogP contribution in [0.15, 0.2) is 0 Å². The molecule has 0 unspecified atom stereocenters. The molecule has 0 radical (unpaired) electrons. The number of carbonyl (C=O) groups excluding carboxylic acids is 2. The van der Waals surface area contributed by atoms with Crippen molar-refractivity contribution >= 4 is 11.8 Å². The minimum Gasteiger partial charge on any atom is -0.379 e. The summed E-state index contributed by atoms with van der Waals surface area (Å²) < 4.78 is 18.9. The van der Waals surface area contributed by atoms with E-state index < -0.39 is 0 Å². The highest BCUT2D eigenvalue weighted by atomic mass is 16.7. The molecule has 7 rings (SSSR count). The molecule has 8 heteroatoms. The van der Waals surface area contributed by atoms with Crippen LogP contribution in [-0.4, -0.2) is 74.2 Å². The van der Waals surface area contributed by atoms with Gasteiger partial charge in [-0.25, -0.2) is 0 Å². The van der Waals surface area contributed by atoms with E-state index in [0.717, 1.165) is 56.7 Å². The first-order chi connectivity index (χ1) is 20.6. The first-order valence-corrected chi connectivity index (χ1v) is 17.8. The molecule has 7 fully saturated rings. The van der Waals surface area contributed by atoms with Gasteiger partial charge in [0, 0.05) is 31.5 Å². The van der Waals surface area contributed by atoms with Gasteiger partial charge in [0.2, 0.25) is 11.8 Å². The molecule has 2 N–H and O–H groups in total. The number of ether oxygens (including phenoxy) is 3. The zero-order chi connectivity index (χ0) is 30.0. The second kappa shape index (κ2) is 11.5. The SMILES string of the molecule is C[C@H]1CC[C@@]2(OC1)O[C@H]1C[C@H]3[C@@H]4CC[C@@H]5C[C@H](NC(=O)CC(=O)NCN6CCOCC6)CC[C@]5(C)[C@H]4CC[C@]3(C)[C@H]1[C@@H]2C. The number of morpholine rings is 1. The maximum Gasteiger partial charge on any atom is 0.230 e. The van der Waals surface area contributed by atoms with Gasteiger partial charge in [-0.15, -0.1) is 0 Å².